The van der Waals surface area contributed by atoms with Crippen molar-refractivity contribution in [3.63, 3.8) is 0 Å². The van der Waals surface area contributed by atoms with Gasteiger partial charge in [0.25, 0.3) is 0 Å². The first kappa shape index (κ1) is 11.1. The lowest BCUT2D eigenvalue weighted by molar-refractivity contribution is 0.462. The van der Waals surface area contributed by atoms with Crippen LogP contribution in [0.3, 0.4) is 0 Å². The van der Waals surface area contributed by atoms with E-state index in [1.165, 1.54) is 25.7 Å². The Bertz CT molecular complexity index is 514. The number of benzene rings is 1. The Morgan fingerprint density at radius 3 is 2.88 bits per heavy atom. The zero-order valence-electron chi connectivity index (χ0n) is 9.71. The summed E-state index contributed by atoms with van der Waals surface area (Å²) in [5.41, 5.74) is 0.876. The maximum atomic E-state index is 5.93. The molecule has 2 nitrogen and oxygen atoms in total. The number of nitrogens with one attached hydrogen (secondary N) is 1. The van der Waals surface area contributed by atoms with E-state index in [4.69, 9.17) is 16.0 Å². The minimum Gasteiger partial charge on any atom is -0.460 e. The Kier molecular flexibility index (Phi) is 3.08. The van der Waals surface area contributed by atoms with Gasteiger partial charge in [0.2, 0.25) is 0 Å². The van der Waals surface area contributed by atoms with Crippen LogP contribution in [0.15, 0.2) is 28.7 Å². The van der Waals surface area contributed by atoms with Crippen molar-refractivity contribution in [2.24, 2.45) is 0 Å². The Morgan fingerprint density at radius 1 is 1.24 bits per heavy atom. The molecule has 17 heavy (non-hydrogen) atoms. The molecule has 1 aromatic heterocycles. The third kappa shape index (κ3) is 2.48. The van der Waals surface area contributed by atoms with E-state index in [1.807, 2.05) is 18.2 Å². The van der Waals surface area contributed by atoms with E-state index in [2.05, 4.69) is 11.4 Å². The van der Waals surface area contributed by atoms with E-state index in [9.17, 15) is 0 Å². The molecule has 90 valence electrons. The Hall–Kier alpha value is -0.990. The molecule has 1 aliphatic carbocycles. The van der Waals surface area contributed by atoms with Crippen LogP contribution in [0.1, 0.15) is 31.4 Å². The van der Waals surface area contributed by atoms with Crippen LogP contribution >= 0.6 is 11.6 Å². The van der Waals surface area contributed by atoms with Crippen molar-refractivity contribution in [3.8, 4) is 0 Å². The van der Waals surface area contributed by atoms with Gasteiger partial charge in [-0.3, -0.25) is 0 Å². The van der Waals surface area contributed by atoms with Crippen LogP contribution < -0.4 is 5.32 Å². The van der Waals surface area contributed by atoms with Crippen LogP contribution in [-0.2, 0) is 6.54 Å². The van der Waals surface area contributed by atoms with Gasteiger partial charge in [0, 0.05) is 22.5 Å². The first-order valence-corrected chi connectivity index (χ1v) is 6.60. The highest BCUT2D eigenvalue weighted by atomic mass is 35.5. The zero-order valence-corrected chi connectivity index (χ0v) is 10.5. The highest BCUT2D eigenvalue weighted by Gasteiger charge is 2.14. The topological polar surface area (TPSA) is 25.2 Å². The van der Waals surface area contributed by atoms with E-state index in [-0.39, 0.29) is 0 Å². The summed E-state index contributed by atoms with van der Waals surface area (Å²) in [5, 5.41) is 5.39. The molecule has 1 aliphatic rings. The number of hydrogen-bond acceptors (Lipinski definition) is 2. The van der Waals surface area contributed by atoms with Gasteiger partial charge in [0.05, 0.1) is 6.54 Å². The molecule has 3 rings (SSSR count). The van der Waals surface area contributed by atoms with Gasteiger partial charge in [0.1, 0.15) is 11.3 Å². The average Bonchev–Trinajstić information content (AvgIpc) is 2.94. The van der Waals surface area contributed by atoms with Gasteiger partial charge in [-0.2, -0.15) is 0 Å². The summed E-state index contributed by atoms with van der Waals surface area (Å²) in [4.78, 5) is 0. The molecular weight excluding hydrogens is 234 g/mol. The highest BCUT2D eigenvalue weighted by Crippen LogP contribution is 2.24. The number of furan rings is 1. The first-order valence-electron chi connectivity index (χ1n) is 6.22. The molecule has 0 atom stereocenters. The fourth-order valence-corrected chi connectivity index (χ4v) is 2.68. The lowest BCUT2D eigenvalue weighted by Crippen LogP contribution is -2.24. The normalized spacial score (nSPS) is 17.0. The third-order valence-electron chi connectivity index (χ3n) is 3.45. The van der Waals surface area contributed by atoms with Crippen LogP contribution in [-0.4, -0.2) is 6.04 Å². The number of fused-ring (bicyclic) bond motifs is 1. The van der Waals surface area contributed by atoms with Crippen molar-refractivity contribution < 1.29 is 4.42 Å². The Morgan fingerprint density at radius 2 is 2.06 bits per heavy atom. The third-order valence-corrected chi connectivity index (χ3v) is 3.69. The molecular formula is C14H16ClNO. The van der Waals surface area contributed by atoms with E-state index in [0.717, 1.165) is 28.3 Å². The standard InChI is InChI=1S/C14H16ClNO/c15-11-6-5-10-7-13(17-14(10)8-11)9-16-12-3-1-2-4-12/h5-8,12,16H,1-4,9H2. The number of rotatable bonds is 3. The average molecular weight is 250 g/mol. The molecule has 0 spiro atoms. The molecule has 3 heteroatoms. The van der Waals surface area contributed by atoms with Gasteiger partial charge >= 0.3 is 0 Å². The second-order valence-corrected chi connectivity index (χ2v) is 5.19. The van der Waals surface area contributed by atoms with Crippen molar-refractivity contribution in [1.82, 2.24) is 5.32 Å². The molecule has 0 unspecified atom stereocenters. The fraction of sp³-hybridized carbons (Fsp3) is 0.429. The van der Waals surface area contributed by atoms with Crippen molar-refractivity contribution in [2.75, 3.05) is 0 Å². The summed E-state index contributed by atoms with van der Waals surface area (Å²) in [7, 11) is 0. The summed E-state index contributed by atoms with van der Waals surface area (Å²) in [6.07, 6.45) is 5.30. The first-order chi connectivity index (χ1) is 8.31. The molecule has 1 aromatic carbocycles. The second-order valence-electron chi connectivity index (χ2n) is 4.76. The van der Waals surface area contributed by atoms with Crippen LogP contribution in [0, 0.1) is 0 Å². The van der Waals surface area contributed by atoms with Gasteiger partial charge in [-0.1, -0.05) is 24.4 Å². The van der Waals surface area contributed by atoms with Crippen molar-refractivity contribution >= 4 is 22.6 Å². The SMILES string of the molecule is Clc1ccc2cc(CNC3CCCC3)oc2c1. The van der Waals surface area contributed by atoms with E-state index >= 15 is 0 Å². The number of halogens is 1. The molecule has 0 aliphatic heterocycles. The largest absolute Gasteiger partial charge is 0.460 e. The molecule has 1 heterocycles. The Labute approximate surface area is 106 Å². The van der Waals surface area contributed by atoms with Gasteiger partial charge in [0.15, 0.2) is 0 Å². The van der Waals surface area contributed by atoms with Crippen LogP contribution in [0.4, 0.5) is 0 Å². The van der Waals surface area contributed by atoms with E-state index in [1.54, 1.807) is 0 Å². The number of hydrogen-bond donors (Lipinski definition) is 1. The monoisotopic (exact) mass is 249 g/mol. The van der Waals surface area contributed by atoms with Crippen LogP contribution in [0.2, 0.25) is 5.02 Å². The van der Waals surface area contributed by atoms with Crippen molar-refractivity contribution in [3.05, 3.63) is 35.0 Å². The lowest BCUT2D eigenvalue weighted by atomic mass is 10.2. The molecule has 0 radical (unpaired) electrons. The van der Waals surface area contributed by atoms with Crippen molar-refractivity contribution in [2.45, 2.75) is 38.3 Å². The summed E-state index contributed by atoms with van der Waals surface area (Å²) in [6, 6.07) is 8.53. The fourth-order valence-electron chi connectivity index (χ4n) is 2.52. The predicted molar refractivity (Wildman–Crippen MR) is 70.3 cm³/mol. The van der Waals surface area contributed by atoms with Crippen LogP contribution in [0.5, 0.6) is 0 Å². The predicted octanol–water partition coefficient (Wildman–Crippen LogP) is 4.12. The second kappa shape index (κ2) is 4.71. The maximum absolute atomic E-state index is 5.93. The summed E-state index contributed by atoms with van der Waals surface area (Å²) >= 11 is 5.93. The maximum Gasteiger partial charge on any atom is 0.135 e. The summed E-state index contributed by atoms with van der Waals surface area (Å²) < 4.78 is 5.76. The van der Waals surface area contributed by atoms with Gasteiger partial charge in [-0.25, -0.2) is 0 Å². The van der Waals surface area contributed by atoms with E-state index < -0.39 is 0 Å². The quantitative estimate of drug-likeness (QED) is 0.885. The molecule has 1 fully saturated rings. The minimum absolute atomic E-state index is 0.673. The molecule has 0 bridgehead atoms. The van der Waals surface area contributed by atoms with Gasteiger partial charge < -0.3 is 9.73 Å². The Balaban J connectivity index is 1.72. The molecule has 2 aromatic rings. The zero-order chi connectivity index (χ0) is 11.7. The van der Waals surface area contributed by atoms with Gasteiger partial charge in [-0.05, 0) is 31.0 Å². The molecule has 1 N–H and O–H groups in total. The van der Waals surface area contributed by atoms with Crippen molar-refractivity contribution in [1.29, 1.82) is 0 Å². The van der Waals surface area contributed by atoms with E-state index in [0.29, 0.717) is 6.04 Å². The minimum atomic E-state index is 0.673. The van der Waals surface area contributed by atoms with Crippen LogP contribution in [0.25, 0.3) is 11.0 Å². The summed E-state index contributed by atoms with van der Waals surface area (Å²) in [5.74, 6) is 0.995. The molecule has 0 saturated heterocycles. The smallest absolute Gasteiger partial charge is 0.135 e. The molecule has 0 amide bonds. The highest BCUT2D eigenvalue weighted by molar-refractivity contribution is 6.31. The molecule has 1 saturated carbocycles. The van der Waals surface area contributed by atoms with Gasteiger partial charge in [-0.15, -0.1) is 0 Å². The summed E-state index contributed by atoms with van der Waals surface area (Å²) in [6.45, 7) is 0.816. The lowest BCUT2D eigenvalue weighted by Gasteiger charge is -2.09.